The van der Waals surface area contributed by atoms with Gasteiger partial charge in [-0.25, -0.2) is 8.42 Å². The van der Waals surface area contributed by atoms with E-state index < -0.39 is 15.9 Å². The van der Waals surface area contributed by atoms with E-state index in [0.29, 0.717) is 23.0 Å². The molecular formula is C21H23ClN2O4S. The first kappa shape index (κ1) is 20.2. The van der Waals surface area contributed by atoms with Crippen molar-refractivity contribution in [1.29, 1.82) is 0 Å². The van der Waals surface area contributed by atoms with Gasteiger partial charge in [-0.3, -0.25) is 9.69 Å². The van der Waals surface area contributed by atoms with E-state index in [1.54, 1.807) is 23.1 Å². The van der Waals surface area contributed by atoms with Gasteiger partial charge in [0.15, 0.2) is 9.84 Å². The highest BCUT2D eigenvalue weighted by Gasteiger charge is 2.49. The normalized spacial score (nSPS) is 23.8. The number of nitrogens with zero attached hydrogens (tertiary/aromatic N) is 2. The maximum atomic E-state index is 13.1. The average molecular weight is 435 g/mol. The number of carbonyl (C=O) groups is 1. The number of anilines is 1. The number of ether oxygens (including phenoxy) is 1. The number of hydrogen-bond acceptors (Lipinski definition) is 5. The molecule has 4 rings (SSSR count). The van der Waals surface area contributed by atoms with Crippen LogP contribution in [-0.2, 0) is 21.1 Å². The molecule has 0 radical (unpaired) electrons. The van der Waals surface area contributed by atoms with E-state index in [2.05, 4.69) is 0 Å². The number of piperazine rings is 1. The van der Waals surface area contributed by atoms with Crippen molar-refractivity contribution in [2.24, 2.45) is 0 Å². The molecule has 2 saturated heterocycles. The molecule has 0 aliphatic carbocycles. The molecular weight excluding hydrogens is 412 g/mol. The molecule has 0 spiro atoms. The van der Waals surface area contributed by atoms with Crippen LogP contribution in [0.25, 0.3) is 0 Å². The van der Waals surface area contributed by atoms with E-state index in [9.17, 15) is 13.2 Å². The van der Waals surface area contributed by atoms with E-state index in [-0.39, 0.29) is 30.0 Å². The second-order valence-corrected chi connectivity index (χ2v) is 10.1. The third-order valence-electron chi connectivity index (χ3n) is 5.65. The van der Waals surface area contributed by atoms with Gasteiger partial charge in [-0.2, -0.15) is 0 Å². The van der Waals surface area contributed by atoms with Crippen LogP contribution < -0.4 is 9.64 Å². The average Bonchev–Trinajstić information content (AvgIpc) is 3.01. The first-order valence-electron chi connectivity index (χ1n) is 9.52. The predicted octanol–water partition coefficient (Wildman–Crippen LogP) is 2.41. The van der Waals surface area contributed by atoms with Crippen LogP contribution in [-0.4, -0.2) is 63.0 Å². The number of methoxy groups -OCH3 is 1. The van der Waals surface area contributed by atoms with Crippen LogP contribution in [0.5, 0.6) is 5.75 Å². The zero-order valence-electron chi connectivity index (χ0n) is 16.1. The topological polar surface area (TPSA) is 66.9 Å². The minimum Gasteiger partial charge on any atom is -0.495 e. The Balaban J connectivity index is 1.60. The van der Waals surface area contributed by atoms with Crippen molar-refractivity contribution >= 4 is 33.0 Å². The molecule has 0 aromatic heterocycles. The summed E-state index contributed by atoms with van der Waals surface area (Å²) >= 11 is 6.25. The van der Waals surface area contributed by atoms with Gasteiger partial charge < -0.3 is 9.64 Å². The van der Waals surface area contributed by atoms with Crippen molar-refractivity contribution < 1.29 is 17.9 Å². The highest BCUT2D eigenvalue weighted by atomic mass is 35.5. The van der Waals surface area contributed by atoms with Crippen LogP contribution in [0.3, 0.4) is 0 Å². The van der Waals surface area contributed by atoms with Crippen molar-refractivity contribution in [2.45, 2.75) is 18.5 Å². The molecule has 2 heterocycles. The quantitative estimate of drug-likeness (QED) is 0.723. The minimum atomic E-state index is -3.23. The summed E-state index contributed by atoms with van der Waals surface area (Å²) in [6.07, 6.45) is 0.770. The van der Waals surface area contributed by atoms with Gasteiger partial charge in [0.2, 0.25) is 5.91 Å². The van der Waals surface area contributed by atoms with Crippen molar-refractivity contribution in [3.8, 4) is 5.75 Å². The van der Waals surface area contributed by atoms with Crippen molar-refractivity contribution in [3.63, 3.8) is 0 Å². The summed E-state index contributed by atoms with van der Waals surface area (Å²) in [7, 11) is -1.70. The fourth-order valence-corrected chi connectivity index (χ4v) is 6.49. The maximum Gasteiger partial charge on any atom is 0.241 e. The molecule has 2 aromatic rings. The van der Waals surface area contributed by atoms with Gasteiger partial charge in [-0.15, -0.1) is 0 Å². The first-order chi connectivity index (χ1) is 13.9. The van der Waals surface area contributed by atoms with Crippen LogP contribution in [0.1, 0.15) is 5.56 Å². The number of fused-ring (bicyclic) bond motifs is 1. The molecule has 0 N–H and O–H groups in total. The van der Waals surface area contributed by atoms with Gasteiger partial charge in [-0.05, 0) is 30.2 Å². The summed E-state index contributed by atoms with van der Waals surface area (Å²) in [6.45, 7) is 0.830. The SMILES string of the molecule is COc1ccc(N2C(=O)CN(CCc3ccccc3)[C@@H]3CS(=O)(=O)C[C@@H]32)cc1Cl. The minimum absolute atomic E-state index is 0.0328. The third kappa shape index (κ3) is 4.13. The number of halogens is 1. The molecule has 0 unspecified atom stereocenters. The first-order valence-corrected chi connectivity index (χ1v) is 11.7. The summed E-state index contributed by atoms with van der Waals surface area (Å²) in [5, 5.41) is 0.390. The molecule has 2 fully saturated rings. The van der Waals surface area contributed by atoms with Crippen LogP contribution in [0.4, 0.5) is 5.69 Å². The lowest BCUT2D eigenvalue weighted by Gasteiger charge is -2.43. The Morgan fingerprint density at radius 1 is 1.10 bits per heavy atom. The number of amides is 1. The lowest BCUT2D eigenvalue weighted by molar-refractivity contribution is -0.123. The van der Waals surface area contributed by atoms with Crippen LogP contribution >= 0.6 is 11.6 Å². The second kappa shape index (κ2) is 7.97. The number of benzene rings is 2. The molecule has 154 valence electrons. The molecule has 2 aliphatic heterocycles. The van der Waals surface area contributed by atoms with Crippen LogP contribution in [0, 0.1) is 0 Å². The summed E-state index contributed by atoms with van der Waals surface area (Å²) in [5.74, 6) is 0.437. The van der Waals surface area contributed by atoms with Gasteiger partial charge in [0.1, 0.15) is 5.75 Å². The molecule has 0 bridgehead atoms. The maximum absolute atomic E-state index is 13.1. The Kier molecular flexibility index (Phi) is 5.55. The standard InChI is InChI=1S/C21H23ClN2O4S/c1-28-20-8-7-16(11-17(20)22)24-19-14-29(26,27)13-18(19)23(12-21(24)25)10-9-15-5-3-2-4-6-15/h2-8,11,18-19H,9-10,12-14H2,1H3/t18-,19+/m1/s1. The zero-order chi connectivity index (χ0) is 20.6. The number of sulfone groups is 1. The summed E-state index contributed by atoms with van der Waals surface area (Å²) in [4.78, 5) is 16.7. The van der Waals surface area contributed by atoms with E-state index in [1.165, 1.54) is 12.7 Å². The van der Waals surface area contributed by atoms with E-state index in [4.69, 9.17) is 16.3 Å². The van der Waals surface area contributed by atoms with Gasteiger partial charge in [-0.1, -0.05) is 41.9 Å². The third-order valence-corrected chi connectivity index (χ3v) is 7.64. The molecule has 8 heteroatoms. The molecule has 1 amide bonds. The van der Waals surface area contributed by atoms with Gasteiger partial charge in [0.25, 0.3) is 0 Å². The van der Waals surface area contributed by atoms with Crippen molar-refractivity contribution in [3.05, 3.63) is 59.1 Å². The second-order valence-electron chi connectivity index (χ2n) is 7.50. The highest BCUT2D eigenvalue weighted by Crippen LogP contribution is 2.35. The Hall–Kier alpha value is -2.09. The molecule has 2 aromatic carbocycles. The molecule has 2 atom stereocenters. The van der Waals surface area contributed by atoms with E-state index >= 15 is 0 Å². The fourth-order valence-electron chi connectivity index (χ4n) is 4.26. The Morgan fingerprint density at radius 2 is 1.83 bits per heavy atom. The van der Waals surface area contributed by atoms with Gasteiger partial charge in [0.05, 0.1) is 36.2 Å². The smallest absolute Gasteiger partial charge is 0.241 e. The van der Waals surface area contributed by atoms with Gasteiger partial charge in [0, 0.05) is 18.3 Å². The molecule has 2 aliphatic rings. The lowest BCUT2D eigenvalue weighted by Crippen LogP contribution is -2.62. The number of rotatable bonds is 5. The highest BCUT2D eigenvalue weighted by molar-refractivity contribution is 7.91. The largest absolute Gasteiger partial charge is 0.495 e. The Labute approximate surface area is 175 Å². The van der Waals surface area contributed by atoms with Crippen LogP contribution in [0.2, 0.25) is 5.02 Å². The van der Waals surface area contributed by atoms with E-state index in [0.717, 1.165) is 6.42 Å². The molecule has 0 saturated carbocycles. The lowest BCUT2D eigenvalue weighted by atomic mass is 10.0. The Bertz CT molecular complexity index is 1010. The summed E-state index contributed by atoms with van der Waals surface area (Å²) < 4.78 is 30.1. The Morgan fingerprint density at radius 3 is 2.52 bits per heavy atom. The zero-order valence-corrected chi connectivity index (χ0v) is 17.7. The summed E-state index contributed by atoms with van der Waals surface area (Å²) in [5.41, 5.74) is 1.78. The number of hydrogen-bond donors (Lipinski definition) is 0. The van der Waals surface area contributed by atoms with Crippen molar-refractivity contribution in [2.75, 3.05) is 36.6 Å². The van der Waals surface area contributed by atoms with Gasteiger partial charge >= 0.3 is 0 Å². The monoisotopic (exact) mass is 434 g/mol. The number of carbonyl (C=O) groups excluding carboxylic acids is 1. The van der Waals surface area contributed by atoms with Crippen molar-refractivity contribution in [1.82, 2.24) is 4.90 Å². The van der Waals surface area contributed by atoms with Crippen LogP contribution in [0.15, 0.2) is 48.5 Å². The predicted molar refractivity (Wildman–Crippen MR) is 113 cm³/mol. The summed E-state index contributed by atoms with van der Waals surface area (Å²) in [6, 6.07) is 14.5. The molecule has 29 heavy (non-hydrogen) atoms. The molecule has 6 nitrogen and oxygen atoms in total. The van der Waals surface area contributed by atoms with E-state index in [1.807, 2.05) is 35.2 Å². The fraction of sp³-hybridized carbons (Fsp3) is 0.381.